The predicted molar refractivity (Wildman–Crippen MR) is 94.5 cm³/mol. The Bertz CT molecular complexity index is 678. The highest BCUT2D eigenvalue weighted by atomic mass is 32.2. The zero-order valence-electron chi connectivity index (χ0n) is 14.7. The summed E-state index contributed by atoms with van der Waals surface area (Å²) in [6.07, 6.45) is 1.98. The van der Waals surface area contributed by atoms with Crippen LogP contribution in [0.2, 0.25) is 0 Å². The van der Waals surface area contributed by atoms with Gasteiger partial charge in [-0.15, -0.1) is 0 Å². The second kappa shape index (κ2) is 7.21. The number of amides is 1. The van der Waals surface area contributed by atoms with E-state index in [2.05, 4.69) is 22.3 Å². The number of carbonyl (C=O) groups is 1. The molecular weight excluding hydrogens is 326 g/mol. The molecule has 1 aromatic carbocycles. The summed E-state index contributed by atoms with van der Waals surface area (Å²) in [5.41, 5.74) is -0.0959. The number of hydrogen-bond acceptors (Lipinski definition) is 4. The molecule has 1 aliphatic rings. The molecule has 6 nitrogen and oxygen atoms in total. The standard InChI is InChI=1S/C17H27N3O3S/c1-12-15(6-5-11-18-12)19-16(21)13-7-9-14(10-8-13)24(22,23)20-17(2,3)4/h7-10,12,15,18,20H,5-6,11H2,1-4H3,(H,19,21). The maximum atomic E-state index is 12.3. The van der Waals surface area contributed by atoms with Crippen LogP contribution in [0.4, 0.5) is 0 Å². The Morgan fingerprint density at radius 2 is 1.83 bits per heavy atom. The summed E-state index contributed by atoms with van der Waals surface area (Å²) in [5, 5.41) is 6.35. The largest absolute Gasteiger partial charge is 0.348 e. The molecule has 3 N–H and O–H groups in total. The van der Waals surface area contributed by atoms with Gasteiger partial charge in [-0.3, -0.25) is 4.79 Å². The third-order valence-corrected chi connectivity index (χ3v) is 5.72. The van der Waals surface area contributed by atoms with Gasteiger partial charge >= 0.3 is 0 Å². The average molecular weight is 353 g/mol. The van der Waals surface area contributed by atoms with Crippen LogP contribution in [0.5, 0.6) is 0 Å². The van der Waals surface area contributed by atoms with Crippen molar-refractivity contribution in [3.8, 4) is 0 Å². The van der Waals surface area contributed by atoms with E-state index in [1.165, 1.54) is 12.1 Å². The fraction of sp³-hybridized carbons (Fsp3) is 0.588. The van der Waals surface area contributed by atoms with Gasteiger partial charge in [0.05, 0.1) is 4.90 Å². The van der Waals surface area contributed by atoms with Crippen LogP contribution in [0.15, 0.2) is 29.2 Å². The first-order valence-electron chi connectivity index (χ1n) is 8.27. The number of hydrogen-bond donors (Lipinski definition) is 3. The van der Waals surface area contributed by atoms with Crippen LogP contribution in [0.25, 0.3) is 0 Å². The molecule has 1 amide bonds. The minimum atomic E-state index is -3.59. The van der Waals surface area contributed by atoms with Gasteiger partial charge in [-0.2, -0.15) is 0 Å². The zero-order valence-corrected chi connectivity index (χ0v) is 15.5. The highest BCUT2D eigenvalue weighted by molar-refractivity contribution is 7.89. The number of sulfonamides is 1. The fourth-order valence-corrected chi connectivity index (χ4v) is 4.16. The van der Waals surface area contributed by atoms with E-state index in [0.717, 1.165) is 19.4 Å². The molecule has 0 aliphatic carbocycles. The summed E-state index contributed by atoms with van der Waals surface area (Å²) < 4.78 is 27.1. The van der Waals surface area contributed by atoms with E-state index in [-0.39, 0.29) is 22.9 Å². The Morgan fingerprint density at radius 1 is 1.21 bits per heavy atom. The maximum Gasteiger partial charge on any atom is 0.251 e. The van der Waals surface area contributed by atoms with Gasteiger partial charge in [0.2, 0.25) is 10.0 Å². The quantitative estimate of drug-likeness (QED) is 0.768. The van der Waals surface area contributed by atoms with E-state index in [0.29, 0.717) is 5.56 Å². The monoisotopic (exact) mass is 353 g/mol. The van der Waals surface area contributed by atoms with Crippen LogP contribution in [-0.2, 0) is 10.0 Å². The third kappa shape index (κ3) is 5.03. The number of carbonyl (C=O) groups excluding carboxylic acids is 1. The second-order valence-corrected chi connectivity index (χ2v) is 9.03. The van der Waals surface area contributed by atoms with E-state index < -0.39 is 15.6 Å². The molecule has 2 rings (SSSR count). The molecule has 0 saturated carbocycles. The first kappa shape index (κ1) is 18.9. The Hall–Kier alpha value is -1.44. The molecule has 1 heterocycles. The summed E-state index contributed by atoms with van der Waals surface area (Å²) in [5.74, 6) is -0.178. The van der Waals surface area contributed by atoms with E-state index >= 15 is 0 Å². The summed E-state index contributed by atoms with van der Waals surface area (Å²) in [6.45, 7) is 8.38. The van der Waals surface area contributed by atoms with Crippen molar-refractivity contribution in [3.63, 3.8) is 0 Å². The van der Waals surface area contributed by atoms with Gasteiger partial charge in [0.1, 0.15) is 0 Å². The van der Waals surface area contributed by atoms with Crippen LogP contribution in [0, 0.1) is 0 Å². The van der Waals surface area contributed by atoms with Crippen LogP contribution < -0.4 is 15.4 Å². The molecule has 0 bridgehead atoms. The number of rotatable bonds is 4. The van der Waals surface area contributed by atoms with Gasteiger partial charge in [-0.05, 0) is 71.3 Å². The molecule has 1 aromatic rings. The summed E-state index contributed by atoms with van der Waals surface area (Å²) in [7, 11) is -3.59. The molecular formula is C17H27N3O3S. The summed E-state index contributed by atoms with van der Waals surface area (Å²) in [6, 6.07) is 6.36. The Labute approximate surface area is 144 Å². The first-order chi connectivity index (χ1) is 11.1. The Morgan fingerprint density at radius 3 is 2.38 bits per heavy atom. The third-order valence-electron chi connectivity index (χ3n) is 3.95. The molecule has 134 valence electrons. The first-order valence-corrected chi connectivity index (χ1v) is 9.75. The lowest BCUT2D eigenvalue weighted by Gasteiger charge is -2.30. The van der Waals surface area contributed by atoms with Gasteiger partial charge in [0.25, 0.3) is 5.91 Å². The topological polar surface area (TPSA) is 87.3 Å². The van der Waals surface area contributed by atoms with Crippen molar-refractivity contribution >= 4 is 15.9 Å². The van der Waals surface area contributed by atoms with Crippen molar-refractivity contribution in [2.45, 2.75) is 63.1 Å². The Kier molecular flexibility index (Phi) is 5.67. The SMILES string of the molecule is CC1NCCCC1NC(=O)c1ccc(S(=O)(=O)NC(C)(C)C)cc1. The lowest BCUT2D eigenvalue weighted by Crippen LogP contribution is -2.51. The number of piperidine rings is 1. The van der Waals surface area contributed by atoms with Gasteiger partial charge in [-0.25, -0.2) is 13.1 Å². The minimum Gasteiger partial charge on any atom is -0.348 e. The van der Waals surface area contributed by atoms with Crippen molar-refractivity contribution in [2.75, 3.05) is 6.54 Å². The van der Waals surface area contributed by atoms with Gasteiger partial charge < -0.3 is 10.6 Å². The zero-order chi connectivity index (χ0) is 18.0. The molecule has 7 heteroatoms. The molecule has 0 aromatic heterocycles. The smallest absolute Gasteiger partial charge is 0.251 e. The number of nitrogens with one attached hydrogen (secondary N) is 3. The van der Waals surface area contributed by atoms with Crippen molar-refractivity contribution in [1.29, 1.82) is 0 Å². The molecule has 24 heavy (non-hydrogen) atoms. The van der Waals surface area contributed by atoms with E-state index in [4.69, 9.17) is 0 Å². The normalized spacial score (nSPS) is 22.2. The van der Waals surface area contributed by atoms with Crippen LogP contribution in [0.1, 0.15) is 50.9 Å². The lowest BCUT2D eigenvalue weighted by atomic mass is 9.99. The maximum absolute atomic E-state index is 12.3. The molecule has 1 fully saturated rings. The van der Waals surface area contributed by atoms with E-state index in [1.54, 1.807) is 32.9 Å². The molecule has 1 saturated heterocycles. The van der Waals surface area contributed by atoms with Crippen molar-refractivity contribution in [3.05, 3.63) is 29.8 Å². The average Bonchev–Trinajstić information content (AvgIpc) is 2.47. The van der Waals surface area contributed by atoms with Gasteiger partial charge in [0.15, 0.2) is 0 Å². The van der Waals surface area contributed by atoms with E-state index in [9.17, 15) is 13.2 Å². The van der Waals surface area contributed by atoms with Crippen molar-refractivity contribution in [1.82, 2.24) is 15.4 Å². The Balaban J connectivity index is 2.07. The van der Waals surface area contributed by atoms with Crippen LogP contribution in [0.3, 0.4) is 0 Å². The lowest BCUT2D eigenvalue weighted by molar-refractivity contribution is 0.0919. The molecule has 2 atom stereocenters. The van der Waals surface area contributed by atoms with Crippen molar-refractivity contribution in [2.24, 2.45) is 0 Å². The van der Waals surface area contributed by atoms with Gasteiger partial charge in [-0.1, -0.05) is 0 Å². The van der Waals surface area contributed by atoms with Crippen LogP contribution in [-0.4, -0.2) is 38.5 Å². The highest BCUT2D eigenvalue weighted by Gasteiger charge is 2.24. The summed E-state index contributed by atoms with van der Waals surface area (Å²) >= 11 is 0. The fourth-order valence-electron chi connectivity index (χ4n) is 2.74. The van der Waals surface area contributed by atoms with Crippen molar-refractivity contribution < 1.29 is 13.2 Å². The van der Waals surface area contributed by atoms with Gasteiger partial charge in [0, 0.05) is 23.2 Å². The molecule has 0 spiro atoms. The molecule has 0 radical (unpaired) electrons. The second-order valence-electron chi connectivity index (χ2n) is 7.34. The minimum absolute atomic E-state index is 0.0946. The summed E-state index contributed by atoms with van der Waals surface area (Å²) in [4.78, 5) is 12.5. The molecule has 1 aliphatic heterocycles. The number of benzene rings is 1. The molecule has 2 unspecified atom stereocenters. The van der Waals surface area contributed by atoms with Crippen LogP contribution >= 0.6 is 0 Å². The predicted octanol–water partition coefficient (Wildman–Crippen LogP) is 1.63. The van der Waals surface area contributed by atoms with E-state index in [1.807, 2.05) is 0 Å². The highest BCUT2D eigenvalue weighted by Crippen LogP contribution is 2.15.